The van der Waals surface area contributed by atoms with Crippen molar-refractivity contribution in [3.63, 3.8) is 0 Å². The molecule has 0 radical (unpaired) electrons. The van der Waals surface area contributed by atoms with Gasteiger partial charge in [-0.1, -0.05) is 30.3 Å². The molecule has 3 nitrogen and oxygen atoms in total. The van der Waals surface area contributed by atoms with Gasteiger partial charge in [0.1, 0.15) is 0 Å². The van der Waals surface area contributed by atoms with E-state index >= 15 is 0 Å². The molecule has 1 aliphatic rings. The van der Waals surface area contributed by atoms with Crippen LogP contribution in [-0.2, 0) is 6.42 Å². The molecule has 2 aromatic carbocycles. The lowest BCUT2D eigenvalue weighted by atomic mass is 10.1. The fourth-order valence-electron chi connectivity index (χ4n) is 2.30. The predicted molar refractivity (Wildman–Crippen MR) is 72.2 cm³/mol. The van der Waals surface area contributed by atoms with Crippen LogP contribution in [0.5, 0.6) is 11.5 Å². The molecule has 94 valence electrons. The largest absolute Gasteiger partial charge is 0.504 e. The highest BCUT2D eigenvalue weighted by atomic mass is 16.3. The first-order valence-electron chi connectivity index (χ1n) is 6.00. The number of hydrogen-bond donors (Lipinski definition) is 2. The summed E-state index contributed by atoms with van der Waals surface area (Å²) in [5.74, 6) is -0.316. The molecule has 0 heterocycles. The van der Waals surface area contributed by atoms with E-state index in [-0.39, 0.29) is 17.3 Å². The first-order chi connectivity index (χ1) is 9.15. The minimum Gasteiger partial charge on any atom is -0.504 e. The summed E-state index contributed by atoms with van der Waals surface area (Å²) in [6.07, 6.45) is 2.36. The van der Waals surface area contributed by atoms with Crippen molar-refractivity contribution < 1.29 is 15.0 Å². The Kier molecular flexibility index (Phi) is 2.60. The summed E-state index contributed by atoms with van der Waals surface area (Å²) in [4.78, 5) is 12.2. The molecule has 3 rings (SSSR count). The van der Waals surface area contributed by atoms with Crippen LogP contribution >= 0.6 is 0 Å². The van der Waals surface area contributed by atoms with E-state index in [9.17, 15) is 15.0 Å². The summed E-state index contributed by atoms with van der Waals surface area (Å²) >= 11 is 0. The van der Waals surface area contributed by atoms with E-state index < -0.39 is 0 Å². The molecule has 0 amide bonds. The molecule has 0 atom stereocenters. The minimum absolute atomic E-state index is 0.0307. The van der Waals surface area contributed by atoms with Gasteiger partial charge in [0.15, 0.2) is 17.3 Å². The minimum atomic E-state index is -0.183. The Morgan fingerprint density at radius 3 is 2.53 bits per heavy atom. The van der Waals surface area contributed by atoms with Gasteiger partial charge >= 0.3 is 0 Å². The van der Waals surface area contributed by atoms with E-state index in [0.717, 1.165) is 11.1 Å². The van der Waals surface area contributed by atoms with Gasteiger partial charge in [-0.2, -0.15) is 0 Å². The number of carbonyl (C=O) groups is 1. The Bertz CT molecular complexity index is 699. The van der Waals surface area contributed by atoms with Crippen LogP contribution in [-0.4, -0.2) is 16.0 Å². The number of Topliss-reactive ketones (excluding diaryl/α,β-unsaturated/α-hetero) is 1. The molecule has 0 saturated carbocycles. The monoisotopic (exact) mass is 252 g/mol. The Morgan fingerprint density at radius 1 is 1.00 bits per heavy atom. The van der Waals surface area contributed by atoms with E-state index in [1.54, 1.807) is 12.1 Å². The second-order valence-corrected chi connectivity index (χ2v) is 4.58. The van der Waals surface area contributed by atoms with Gasteiger partial charge in [-0.15, -0.1) is 0 Å². The quantitative estimate of drug-likeness (QED) is 0.606. The number of ketones is 1. The van der Waals surface area contributed by atoms with Crippen molar-refractivity contribution in [3.8, 4) is 11.5 Å². The van der Waals surface area contributed by atoms with Crippen LogP contribution in [0.2, 0.25) is 0 Å². The number of carbonyl (C=O) groups excluding carboxylic acids is 1. The van der Waals surface area contributed by atoms with Crippen LogP contribution < -0.4 is 0 Å². The third-order valence-corrected chi connectivity index (χ3v) is 3.27. The third-order valence-electron chi connectivity index (χ3n) is 3.27. The molecule has 1 aliphatic carbocycles. The average molecular weight is 252 g/mol. The highest BCUT2D eigenvalue weighted by Gasteiger charge is 2.23. The van der Waals surface area contributed by atoms with Crippen molar-refractivity contribution in [2.24, 2.45) is 0 Å². The summed E-state index contributed by atoms with van der Waals surface area (Å²) in [7, 11) is 0. The molecule has 0 spiro atoms. The fraction of sp³-hybridized carbons (Fsp3) is 0.0625. The maximum absolute atomic E-state index is 12.2. The van der Waals surface area contributed by atoms with Crippen LogP contribution in [0.1, 0.15) is 21.5 Å². The van der Waals surface area contributed by atoms with Crippen LogP contribution in [0.25, 0.3) is 6.08 Å². The van der Waals surface area contributed by atoms with Gasteiger partial charge in [-0.05, 0) is 29.3 Å². The second kappa shape index (κ2) is 4.28. The van der Waals surface area contributed by atoms with Crippen LogP contribution in [0.3, 0.4) is 0 Å². The summed E-state index contributed by atoms with van der Waals surface area (Å²) in [6, 6.07) is 12.1. The van der Waals surface area contributed by atoms with E-state index in [1.165, 1.54) is 12.1 Å². The number of phenols is 2. The lowest BCUT2D eigenvalue weighted by Crippen LogP contribution is -1.94. The Morgan fingerprint density at radius 2 is 1.79 bits per heavy atom. The summed E-state index contributed by atoms with van der Waals surface area (Å²) in [6.45, 7) is 0. The first kappa shape index (κ1) is 11.5. The summed E-state index contributed by atoms with van der Waals surface area (Å²) in [5.41, 5.74) is 3.18. The van der Waals surface area contributed by atoms with E-state index in [2.05, 4.69) is 0 Å². The van der Waals surface area contributed by atoms with Gasteiger partial charge in [-0.25, -0.2) is 0 Å². The van der Waals surface area contributed by atoms with Crippen molar-refractivity contribution in [2.45, 2.75) is 6.42 Å². The van der Waals surface area contributed by atoms with Gasteiger partial charge < -0.3 is 10.2 Å². The maximum Gasteiger partial charge on any atom is 0.189 e. The number of allylic oxidation sites excluding steroid dienone is 1. The zero-order chi connectivity index (χ0) is 13.4. The van der Waals surface area contributed by atoms with E-state index in [0.29, 0.717) is 17.6 Å². The van der Waals surface area contributed by atoms with Gasteiger partial charge in [0.25, 0.3) is 0 Å². The molecule has 0 unspecified atom stereocenters. The van der Waals surface area contributed by atoms with Crippen molar-refractivity contribution in [1.82, 2.24) is 0 Å². The first-order valence-corrected chi connectivity index (χ1v) is 6.00. The molecule has 3 heteroatoms. The molecule has 0 bridgehead atoms. The molecule has 0 aliphatic heterocycles. The summed E-state index contributed by atoms with van der Waals surface area (Å²) < 4.78 is 0. The van der Waals surface area contributed by atoms with Crippen molar-refractivity contribution in [2.75, 3.05) is 0 Å². The van der Waals surface area contributed by atoms with E-state index in [4.69, 9.17) is 0 Å². The smallest absolute Gasteiger partial charge is 0.189 e. The maximum atomic E-state index is 12.2. The molecular weight excluding hydrogens is 240 g/mol. The number of aromatic hydroxyl groups is 2. The highest BCUT2D eigenvalue weighted by molar-refractivity contribution is 6.15. The number of benzene rings is 2. The third kappa shape index (κ3) is 1.99. The van der Waals surface area contributed by atoms with Gasteiger partial charge in [0.2, 0.25) is 0 Å². The van der Waals surface area contributed by atoms with Crippen LogP contribution in [0, 0.1) is 0 Å². The molecule has 0 saturated heterocycles. The number of hydrogen-bond acceptors (Lipinski definition) is 3. The SMILES string of the molecule is O=C1C(=Cc2ccc(O)c(O)c2)Cc2ccccc21. The normalized spacial score (nSPS) is 15.8. The average Bonchev–Trinajstić information content (AvgIpc) is 2.72. The van der Waals surface area contributed by atoms with Crippen LogP contribution in [0.4, 0.5) is 0 Å². The topological polar surface area (TPSA) is 57.5 Å². The molecule has 2 N–H and O–H groups in total. The lowest BCUT2D eigenvalue weighted by molar-refractivity contribution is 0.104. The molecular formula is C16H12O3. The lowest BCUT2D eigenvalue weighted by Gasteiger charge is -2.00. The number of fused-ring (bicyclic) bond motifs is 1. The van der Waals surface area contributed by atoms with Crippen LogP contribution in [0.15, 0.2) is 48.0 Å². The molecule has 0 aromatic heterocycles. The van der Waals surface area contributed by atoms with Crippen molar-refractivity contribution in [3.05, 3.63) is 64.7 Å². The Labute approximate surface area is 110 Å². The predicted octanol–water partition coefficient (Wildman–Crippen LogP) is 2.92. The standard InChI is InChI=1S/C16H12O3/c17-14-6-5-10(8-15(14)18)7-12-9-11-3-1-2-4-13(11)16(12)19/h1-8,17-18H,9H2. The molecule has 19 heavy (non-hydrogen) atoms. The second-order valence-electron chi connectivity index (χ2n) is 4.58. The van der Waals surface area contributed by atoms with Gasteiger partial charge in [-0.3, -0.25) is 4.79 Å². The van der Waals surface area contributed by atoms with Crippen molar-refractivity contribution in [1.29, 1.82) is 0 Å². The number of phenolic OH excluding ortho intramolecular Hbond substituents is 2. The highest BCUT2D eigenvalue weighted by Crippen LogP contribution is 2.30. The van der Waals surface area contributed by atoms with Crippen molar-refractivity contribution >= 4 is 11.9 Å². The fourth-order valence-corrected chi connectivity index (χ4v) is 2.30. The zero-order valence-electron chi connectivity index (χ0n) is 10.1. The Hall–Kier alpha value is -2.55. The summed E-state index contributed by atoms with van der Waals surface area (Å²) in [5, 5.41) is 18.7. The van der Waals surface area contributed by atoms with E-state index in [1.807, 2.05) is 24.3 Å². The zero-order valence-corrected chi connectivity index (χ0v) is 10.1. The number of rotatable bonds is 1. The Balaban J connectivity index is 1.98. The molecule has 2 aromatic rings. The van der Waals surface area contributed by atoms with Gasteiger partial charge in [0, 0.05) is 17.6 Å². The van der Waals surface area contributed by atoms with Gasteiger partial charge in [0.05, 0.1) is 0 Å². The molecule has 0 fully saturated rings.